The highest BCUT2D eigenvalue weighted by Crippen LogP contribution is 2.66. The molecule has 1 aliphatic heterocycles. The molecule has 2 bridgehead atoms. The van der Waals surface area contributed by atoms with Crippen LogP contribution in [-0.2, 0) is 28.4 Å². The number of aliphatic carboxylic acids is 1. The SMILES string of the molecule is C.CC(C)C[C@@H](C(=O)O)N(C)C(=O)OCC1c2ccccc2-c2ccccc21.CC(C)C[C@H](NC(=O)[C@H](CC(C)C)N(C)C(=O)OCC1c2ccccc2-c2ccccc21)B1O[C@@H]2C[C@@H]3C[C@@H](C3(C)C)[C@]2(C)O1. The molecule has 0 unspecified atom stereocenters. The van der Waals surface area contributed by atoms with Crippen LogP contribution in [0.4, 0.5) is 9.59 Å². The van der Waals surface area contributed by atoms with Crippen molar-refractivity contribution in [3.8, 4) is 22.3 Å². The molecule has 10 rings (SSSR count). The third kappa shape index (κ3) is 11.1. The first-order chi connectivity index (χ1) is 34.2. The van der Waals surface area contributed by atoms with Crippen LogP contribution in [0.15, 0.2) is 97.1 Å². The van der Waals surface area contributed by atoms with Gasteiger partial charge >= 0.3 is 25.3 Å². The Morgan fingerprint density at radius 1 is 0.644 bits per heavy atom. The van der Waals surface area contributed by atoms with Crippen LogP contribution in [0.3, 0.4) is 0 Å². The topological polar surface area (TPSA) is 144 Å². The zero-order chi connectivity index (χ0) is 51.8. The fourth-order valence-corrected chi connectivity index (χ4v) is 12.5. The van der Waals surface area contributed by atoms with Crippen molar-refractivity contribution in [2.24, 2.45) is 35.0 Å². The molecule has 2 N–H and O–H groups in total. The minimum atomic E-state index is -1.01. The van der Waals surface area contributed by atoms with Gasteiger partial charge in [0, 0.05) is 25.9 Å². The first-order valence-corrected chi connectivity index (χ1v) is 26.2. The molecule has 6 aliphatic rings. The highest BCUT2D eigenvalue weighted by atomic mass is 16.7. The summed E-state index contributed by atoms with van der Waals surface area (Å²) in [7, 11) is 2.65. The van der Waals surface area contributed by atoms with Crippen LogP contribution in [0.2, 0.25) is 0 Å². The molecule has 13 heteroatoms. The lowest BCUT2D eigenvalue weighted by Gasteiger charge is -2.64. The zero-order valence-corrected chi connectivity index (χ0v) is 44.2. The van der Waals surface area contributed by atoms with E-state index in [0.717, 1.165) is 46.2 Å². The monoisotopic (exact) mass is 998 g/mol. The molecule has 0 radical (unpaired) electrons. The standard InChI is InChI=1S/C37H51BN2O5.C22H25NO4.CH4/c1-22(2)17-30(40(8)35(42)43-21-29-27-15-11-9-13-25(27)26-14-10-12-16-28(26)29)34(41)39-33(18-23(3)4)38-44-32-20-24-19-31(36(24,5)6)37(32,7)45-38;1-14(2)12-20(21(24)25)23(3)22(26)27-13-19-17-10-6-4-8-15(17)16-9-5-7-11-18(16)19;/h9-16,22-24,29-33H,17-21H2,1-8H3,(H,39,41);4-11,14,19-20H,12-13H2,1-3H3,(H,24,25);1H4/t24-,30-,31-,32+,33-,37-;20-;/m00./s1. The van der Waals surface area contributed by atoms with E-state index in [1.165, 1.54) is 34.4 Å². The number of rotatable bonds is 16. The van der Waals surface area contributed by atoms with Crippen LogP contribution >= 0.6 is 0 Å². The number of hydrogen-bond donors (Lipinski definition) is 2. The Labute approximate surface area is 435 Å². The van der Waals surface area contributed by atoms with Gasteiger partial charge in [-0.3, -0.25) is 14.6 Å². The molecule has 0 aromatic heterocycles. The van der Waals surface area contributed by atoms with E-state index in [0.29, 0.717) is 30.6 Å². The van der Waals surface area contributed by atoms with Gasteiger partial charge in [0.2, 0.25) is 5.91 Å². The molecular formula is C60H80BN3O9. The number of nitrogens with zero attached hydrogens (tertiary/aromatic N) is 2. The Morgan fingerprint density at radius 3 is 1.44 bits per heavy atom. The Kier molecular flexibility index (Phi) is 16.9. The highest BCUT2D eigenvalue weighted by Gasteiger charge is 2.68. The summed E-state index contributed by atoms with van der Waals surface area (Å²) in [6.07, 6.45) is 2.75. The van der Waals surface area contributed by atoms with E-state index in [2.05, 4.69) is 102 Å². The van der Waals surface area contributed by atoms with Gasteiger partial charge in [-0.2, -0.15) is 0 Å². The number of ether oxygens (including phenoxy) is 2. The van der Waals surface area contributed by atoms with E-state index in [1.807, 2.05) is 62.4 Å². The number of nitrogens with one attached hydrogen (secondary N) is 1. The number of fused-ring (bicyclic) bond motifs is 6. The molecule has 1 saturated heterocycles. The molecule has 0 spiro atoms. The molecule has 4 aromatic rings. The Morgan fingerprint density at radius 2 is 1.04 bits per heavy atom. The molecule has 7 atom stereocenters. The molecule has 392 valence electrons. The maximum absolute atomic E-state index is 14.1. The number of carboxylic acid groups (broad SMARTS) is 1. The summed E-state index contributed by atoms with van der Waals surface area (Å²) in [5, 5.41) is 12.7. The lowest BCUT2D eigenvalue weighted by atomic mass is 9.43. The van der Waals surface area contributed by atoms with E-state index >= 15 is 0 Å². The van der Waals surface area contributed by atoms with Crippen LogP contribution in [0.1, 0.15) is 136 Å². The molecule has 5 aliphatic carbocycles. The largest absolute Gasteiger partial charge is 0.481 e. The second-order valence-electron chi connectivity index (χ2n) is 23.0. The van der Waals surface area contributed by atoms with E-state index in [-0.39, 0.29) is 73.3 Å². The average molecular weight is 998 g/mol. The summed E-state index contributed by atoms with van der Waals surface area (Å²) in [6, 6.07) is 31.2. The number of carbonyl (C=O) groups is 4. The molecule has 12 nitrogen and oxygen atoms in total. The molecule has 73 heavy (non-hydrogen) atoms. The lowest BCUT2D eigenvalue weighted by molar-refractivity contribution is -0.199. The maximum atomic E-state index is 14.1. The van der Waals surface area contributed by atoms with Gasteiger partial charge in [0.15, 0.2) is 0 Å². The van der Waals surface area contributed by atoms with Gasteiger partial charge in [0.05, 0.1) is 17.6 Å². The summed E-state index contributed by atoms with van der Waals surface area (Å²) in [6.45, 7) is 19.6. The predicted molar refractivity (Wildman–Crippen MR) is 288 cm³/mol. The van der Waals surface area contributed by atoms with Crippen molar-refractivity contribution in [2.45, 2.75) is 143 Å². The summed E-state index contributed by atoms with van der Waals surface area (Å²) in [5.41, 5.74) is 9.16. The van der Waals surface area contributed by atoms with Gasteiger partial charge in [0.1, 0.15) is 25.3 Å². The number of amides is 3. The normalized spacial score (nSPS) is 21.9. The Hall–Kier alpha value is -5.66. The summed E-state index contributed by atoms with van der Waals surface area (Å²) in [5.74, 6) is 0.185. The van der Waals surface area contributed by atoms with Crippen molar-refractivity contribution in [1.29, 1.82) is 0 Å². The van der Waals surface area contributed by atoms with Gasteiger partial charge in [-0.25, -0.2) is 14.4 Å². The smallest absolute Gasteiger partial charge is 0.480 e. The maximum Gasteiger partial charge on any atom is 0.481 e. The number of likely N-dealkylation sites (N-methyl/N-ethyl adjacent to an activating group) is 2. The number of benzene rings is 4. The quantitative estimate of drug-likeness (QED) is 0.105. The van der Waals surface area contributed by atoms with Gasteiger partial charge in [0.25, 0.3) is 0 Å². The minimum absolute atomic E-state index is 0. The van der Waals surface area contributed by atoms with Crippen LogP contribution in [0.5, 0.6) is 0 Å². The van der Waals surface area contributed by atoms with Crippen LogP contribution in [0, 0.1) is 35.0 Å². The number of carbonyl (C=O) groups excluding carboxylic acids is 3. The lowest BCUT2D eigenvalue weighted by Crippen LogP contribution is -2.65. The van der Waals surface area contributed by atoms with Gasteiger partial charge < -0.3 is 29.2 Å². The molecule has 3 saturated carbocycles. The average Bonchev–Trinajstić information content (AvgIpc) is 3.99. The predicted octanol–water partition coefficient (Wildman–Crippen LogP) is 12.1. The third-order valence-corrected chi connectivity index (χ3v) is 16.5. The summed E-state index contributed by atoms with van der Waals surface area (Å²) in [4.78, 5) is 54.3. The highest BCUT2D eigenvalue weighted by molar-refractivity contribution is 6.48. The van der Waals surface area contributed by atoms with Crippen molar-refractivity contribution in [2.75, 3.05) is 27.3 Å². The first-order valence-electron chi connectivity index (χ1n) is 26.2. The minimum Gasteiger partial charge on any atom is -0.480 e. The van der Waals surface area contributed by atoms with Crippen molar-refractivity contribution in [3.05, 3.63) is 119 Å². The number of carboxylic acids is 1. The summed E-state index contributed by atoms with van der Waals surface area (Å²) >= 11 is 0. The fraction of sp³-hybridized carbons (Fsp3) is 0.533. The molecule has 3 amide bonds. The zero-order valence-electron chi connectivity index (χ0n) is 44.2. The van der Waals surface area contributed by atoms with Gasteiger partial charge in [-0.1, -0.05) is 160 Å². The second-order valence-corrected chi connectivity index (χ2v) is 23.0. The molecular weight excluding hydrogens is 917 g/mol. The van der Waals surface area contributed by atoms with Crippen LogP contribution in [0.25, 0.3) is 22.3 Å². The fourth-order valence-electron chi connectivity index (χ4n) is 12.5. The van der Waals surface area contributed by atoms with Gasteiger partial charge in [-0.15, -0.1) is 0 Å². The molecule has 4 fully saturated rings. The summed E-state index contributed by atoms with van der Waals surface area (Å²) < 4.78 is 24.9. The number of hydrogen-bond acceptors (Lipinski definition) is 8. The van der Waals surface area contributed by atoms with Crippen molar-refractivity contribution in [3.63, 3.8) is 0 Å². The van der Waals surface area contributed by atoms with Crippen LogP contribution in [-0.4, -0.2) is 103 Å². The van der Waals surface area contributed by atoms with Crippen molar-refractivity contribution < 1.29 is 43.1 Å². The van der Waals surface area contributed by atoms with E-state index in [4.69, 9.17) is 18.8 Å². The van der Waals surface area contributed by atoms with Crippen molar-refractivity contribution in [1.82, 2.24) is 15.1 Å². The molecule has 4 aromatic carbocycles. The van der Waals surface area contributed by atoms with E-state index in [9.17, 15) is 24.3 Å². The third-order valence-electron chi connectivity index (χ3n) is 16.5. The van der Waals surface area contributed by atoms with Crippen LogP contribution < -0.4 is 5.32 Å². The molecule has 1 heterocycles. The Balaban J connectivity index is 0.000000239. The second kappa shape index (κ2) is 22.4. The van der Waals surface area contributed by atoms with Gasteiger partial charge in [-0.05, 0) is 119 Å². The van der Waals surface area contributed by atoms with Crippen molar-refractivity contribution >= 4 is 31.2 Å². The van der Waals surface area contributed by atoms with E-state index < -0.39 is 37.4 Å². The van der Waals surface area contributed by atoms with E-state index in [1.54, 1.807) is 7.05 Å². The Bertz CT molecular complexity index is 2530. The first kappa shape index (κ1) is 55.1.